The number of benzene rings is 3. The van der Waals surface area contributed by atoms with Crippen molar-refractivity contribution in [3.63, 3.8) is 0 Å². The highest BCUT2D eigenvalue weighted by Gasteiger charge is 2.36. The summed E-state index contributed by atoms with van der Waals surface area (Å²) in [5.74, 6) is 0.407. The van der Waals surface area contributed by atoms with E-state index in [9.17, 15) is 14.0 Å². The van der Waals surface area contributed by atoms with Gasteiger partial charge in [-0.2, -0.15) is 0 Å². The third-order valence-corrected chi connectivity index (χ3v) is 7.38. The SMILES string of the molecule is O=C1S/C(=C\c2cn(Cc3ccc(F)cc3)c3ccccc23)C(=O)N1Cc1cc2c(cc1Cl)OCO2. The van der Waals surface area contributed by atoms with Gasteiger partial charge in [-0.1, -0.05) is 41.9 Å². The van der Waals surface area contributed by atoms with Crippen LogP contribution in [0.5, 0.6) is 11.5 Å². The first-order valence-electron chi connectivity index (χ1n) is 11.1. The van der Waals surface area contributed by atoms with Crippen LogP contribution in [0.2, 0.25) is 5.02 Å². The number of para-hydroxylation sites is 1. The number of rotatable bonds is 5. The summed E-state index contributed by atoms with van der Waals surface area (Å²) in [6, 6.07) is 17.5. The molecule has 1 fully saturated rings. The van der Waals surface area contributed by atoms with Gasteiger partial charge in [0.15, 0.2) is 11.5 Å². The van der Waals surface area contributed by atoms with Gasteiger partial charge in [-0.05, 0) is 53.2 Å². The lowest BCUT2D eigenvalue weighted by molar-refractivity contribution is -0.123. The Hall–Kier alpha value is -3.75. The molecule has 1 saturated heterocycles. The quantitative estimate of drug-likeness (QED) is 0.283. The molecule has 0 saturated carbocycles. The summed E-state index contributed by atoms with van der Waals surface area (Å²) < 4.78 is 26.1. The molecule has 0 N–H and O–H groups in total. The molecule has 1 aromatic heterocycles. The molecule has 2 aliphatic heterocycles. The molecule has 0 atom stereocenters. The van der Waals surface area contributed by atoms with Crippen LogP contribution in [0.4, 0.5) is 9.18 Å². The number of hydrogen-bond donors (Lipinski definition) is 0. The Labute approximate surface area is 214 Å². The van der Waals surface area contributed by atoms with E-state index in [1.54, 1.807) is 30.3 Å². The number of carbonyl (C=O) groups is 2. The van der Waals surface area contributed by atoms with Crippen molar-refractivity contribution in [1.29, 1.82) is 0 Å². The Kier molecular flexibility index (Phi) is 5.70. The molecule has 0 unspecified atom stereocenters. The second-order valence-electron chi connectivity index (χ2n) is 8.42. The predicted molar refractivity (Wildman–Crippen MR) is 137 cm³/mol. The first-order valence-corrected chi connectivity index (χ1v) is 12.3. The fourth-order valence-corrected chi connectivity index (χ4v) is 5.38. The average molecular weight is 521 g/mol. The second-order valence-corrected chi connectivity index (χ2v) is 9.82. The maximum absolute atomic E-state index is 13.3. The third-order valence-electron chi connectivity index (χ3n) is 6.12. The number of aromatic nitrogens is 1. The molecule has 6 rings (SSSR count). The van der Waals surface area contributed by atoms with Crippen LogP contribution in [0.25, 0.3) is 17.0 Å². The monoisotopic (exact) mass is 520 g/mol. The number of nitrogens with zero attached hydrogens (tertiary/aromatic N) is 2. The molecule has 2 aliphatic rings. The van der Waals surface area contributed by atoms with Crippen LogP contribution < -0.4 is 9.47 Å². The molecule has 4 aromatic rings. The normalized spacial score (nSPS) is 16.1. The molecule has 6 nitrogen and oxygen atoms in total. The van der Waals surface area contributed by atoms with Gasteiger partial charge in [-0.25, -0.2) is 4.39 Å². The standard InChI is InChI=1S/C27H18ClFN2O4S/c28-21-11-24-23(34-15-35-24)9-18(21)14-31-26(32)25(36-27(31)33)10-17-13-30(22-4-2-1-3-20(17)22)12-16-5-7-19(29)8-6-16/h1-11,13H,12,14-15H2/b25-10-. The van der Waals surface area contributed by atoms with Crippen molar-refractivity contribution in [2.24, 2.45) is 0 Å². The van der Waals surface area contributed by atoms with E-state index in [4.69, 9.17) is 21.1 Å². The number of imide groups is 1. The minimum Gasteiger partial charge on any atom is -0.454 e. The highest BCUT2D eigenvalue weighted by Crippen LogP contribution is 2.40. The fourth-order valence-electron chi connectivity index (χ4n) is 4.34. The van der Waals surface area contributed by atoms with Crippen LogP contribution in [0.3, 0.4) is 0 Å². The van der Waals surface area contributed by atoms with Gasteiger partial charge in [0.2, 0.25) is 6.79 Å². The summed E-state index contributed by atoms with van der Waals surface area (Å²) >= 11 is 7.26. The molecule has 0 aliphatic carbocycles. The van der Waals surface area contributed by atoms with E-state index in [2.05, 4.69) is 0 Å². The van der Waals surface area contributed by atoms with Crippen molar-refractivity contribution in [3.8, 4) is 11.5 Å². The smallest absolute Gasteiger partial charge is 0.293 e. The largest absolute Gasteiger partial charge is 0.454 e. The van der Waals surface area contributed by atoms with Crippen LogP contribution in [-0.2, 0) is 17.9 Å². The van der Waals surface area contributed by atoms with E-state index in [0.29, 0.717) is 33.5 Å². The van der Waals surface area contributed by atoms with Crippen molar-refractivity contribution in [2.75, 3.05) is 6.79 Å². The van der Waals surface area contributed by atoms with Crippen LogP contribution in [0, 0.1) is 5.82 Å². The molecule has 180 valence electrons. The van der Waals surface area contributed by atoms with Crippen LogP contribution in [-0.4, -0.2) is 27.4 Å². The van der Waals surface area contributed by atoms with Gasteiger partial charge in [0.1, 0.15) is 5.82 Å². The maximum Gasteiger partial charge on any atom is 0.293 e. The van der Waals surface area contributed by atoms with Crippen LogP contribution >= 0.6 is 23.4 Å². The van der Waals surface area contributed by atoms with E-state index in [1.807, 2.05) is 35.0 Å². The van der Waals surface area contributed by atoms with Gasteiger partial charge in [0.05, 0.1) is 11.4 Å². The van der Waals surface area contributed by atoms with E-state index < -0.39 is 0 Å². The molecule has 3 heterocycles. The zero-order chi connectivity index (χ0) is 24.8. The van der Waals surface area contributed by atoms with Crippen molar-refractivity contribution >= 4 is 51.5 Å². The Bertz CT molecular complexity index is 1560. The highest BCUT2D eigenvalue weighted by atomic mass is 35.5. The number of halogens is 2. The number of fused-ring (bicyclic) bond motifs is 2. The van der Waals surface area contributed by atoms with Crippen LogP contribution in [0.15, 0.2) is 71.8 Å². The lowest BCUT2D eigenvalue weighted by Crippen LogP contribution is -2.27. The van der Waals surface area contributed by atoms with Gasteiger partial charge >= 0.3 is 0 Å². The summed E-state index contributed by atoms with van der Waals surface area (Å²) in [5, 5.41) is 0.978. The Morgan fingerprint density at radius 1 is 1.00 bits per heavy atom. The summed E-state index contributed by atoms with van der Waals surface area (Å²) in [6.45, 7) is 0.677. The summed E-state index contributed by atoms with van der Waals surface area (Å²) in [5.41, 5.74) is 3.34. The van der Waals surface area contributed by atoms with Gasteiger partial charge in [0.25, 0.3) is 11.1 Å². The van der Waals surface area contributed by atoms with Crippen molar-refractivity contribution in [3.05, 3.63) is 99.3 Å². The Balaban J connectivity index is 1.30. The molecule has 2 amide bonds. The summed E-state index contributed by atoms with van der Waals surface area (Å²) in [4.78, 5) is 27.5. The highest BCUT2D eigenvalue weighted by molar-refractivity contribution is 8.18. The molecular formula is C27H18ClFN2O4S. The first kappa shape index (κ1) is 22.7. The minimum atomic E-state index is -0.380. The minimum absolute atomic E-state index is 0.0316. The first-order chi connectivity index (χ1) is 17.5. The molecule has 0 spiro atoms. The lowest BCUT2D eigenvalue weighted by Gasteiger charge is -2.14. The number of amides is 2. The van der Waals surface area contributed by atoms with Gasteiger partial charge in [-0.3, -0.25) is 14.5 Å². The number of carbonyl (C=O) groups excluding carboxylic acids is 2. The molecule has 3 aromatic carbocycles. The van der Waals surface area contributed by atoms with Crippen molar-refractivity contribution in [1.82, 2.24) is 9.47 Å². The summed E-state index contributed by atoms with van der Waals surface area (Å²) in [6.07, 6.45) is 3.69. The molecule has 9 heteroatoms. The van der Waals surface area contributed by atoms with E-state index in [0.717, 1.165) is 33.8 Å². The van der Waals surface area contributed by atoms with E-state index in [-0.39, 0.29) is 30.3 Å². The number of hydrogen-bond acceptors (Lipinski definition) is 5. The topological polar surface area (TPSA) is 60.8 Å². The van der Waals surface area contributed by atoms with E-state index >= 15 is 0 Å². The third kappa shape index (κ3) is 4.12. The lowest BCUT2D eigenvalue weighted by atomic mass is 10.1. The number of thioether (sulfide) groups is 1. The maximum atomic E-state index is 13.3. The van der Waals surface area contributed by atoms with E-state index in [1.165, 1.54) is 17.0 Å². The fraction of sp³-hybridized carbons (Fsp3) is 0.111. The molecule has 0 radical (unpaired) electrons. The Morgan fingerprint density at radius 3 is 2.56 bits per heavy atom. The average Bonchev–Trinajstić information content (AvgIpc) is 3.54. The molecule has 36 heavy (non-hydrogen) atoms. The van der Waals surface area contributed by atoms with Gasteiger partial charge < -0.3 is 14.0 Å². The zero-order valence-corrected chi connectivity index (χ0v) is 20.3. The molecule has 0 bridgehead atoms. The van der Waals surface area contributed by atoms with Crippen LogP contribution in [0.1, 0.15) is 16.7 Å². The van der Waals surface area contributed by atoms with Gasteiger partial charge in [0, 0.05) is 40.3 Å². The van der Waals surface area contributed by atoms with Crippen molar-refractivity contribution in [2.45, 2.75) is 13.1 Å². The Morgan fingerprint density at radius 2 is 1.75 bits per heavy atom. The molecular weight excluding hydrogens is 503 g/mol. The predicted octanol–water partition coefficient (Wildman–Crippen LogP) is 6.45. The summed E-state index contributed by atoms with van der Waals surface area (Å²) in [7, 11) is 0. The number of ether oxygens (including phenoxy) is 2. The van der Waals surface area contributed by atoms with Crippen molar-refractivity contribution < 1.29 is 23.5 Å². The van der Waals surface area contributed by atoms with Gasteiger partial charge in [-0.15, -0.1) is 0 Å². The second kappa shape index (κ2) is 9.04. The zero-order valence-electron chi connectivity index (χ0n) is 18.7.